The maximum absolute atomic E-state index is 5.09. The Bertz CT molecular complexity index is 881. The fraction of sp³-hybridized carbons (Fsp3) is 0.133. The summed E-state index contributed by atoms with van der Waals surface area (Å²) in [6.07, 6.45) is 5.27. The minimum absolute atomic E-state index is 0.471. The Morgan fingerprint density at radius 3 is 2.95 bits per heavy atom. The minimum atomic E-state index is 0.471. The molecule has 0 atom stereocenters. The van der Waals surface area contributed by atoms with Gasteiger partial charge < -0.3 is 4.57 Å². The van der Waals surface area contributed by atoms with Gasteiger partial charge in [0.25, 0.3) is 0 Å². The lowest BCUT2D eigenvalue weighted by Crippen LogP contribution is -1.98. The third kappa shape index (κ3) is 2.34. The van der Waals surface area contributed by atoms with Crippen LogP contribution in [0.5, 0.6) is 0 Å². The molecule has 6 heteroatoms. The van der Waals surface area contributed by atoms with Gasteiger partial charge in [-0.05, 0) is 25.2 Å². The van der Waals surface area contributed by atoms with E-state index in [2.05, 4.69) is 45.5 Å². The van der Waals surface area contributed by atoms with E-state index >= 15 is 0 Å². The van der Waals surface area contributed by atoms with Gasteiger partial charge in [0.05, 0.1) is 6.21 Å². The van der Waals surface area contributed by atoms with Gasteiger partial charge in [0.15, 0.2) is 0 Å². The number of nitrogens with one attached hydrogen (secondary N) is 1. The third-order valence-electron chi connectivity index (χ3n) is 3.44. The highest BCUT2D eigenvalue weighted by Gasteiger charge is 2.11. The number of fused-ring (bicyclic) bond motifs is 1. The van der Waals surface area contributed by atoms with E-state index in [0.717, 1.165) is 23.2 Å². The lowest BCUT2D eigenvalue weighted by molar-refractivity contribution is 0.827. The summed E-state index contributed by atoms with van der Waals surface area (Å²) in [6, 6.07) is 8.26. The lowest BCUT2D eigenvalue weighted by Gasteiger charge is -2.03. The fourth-order valence-corrected chi connectivity index (χ4v) is 2.58. The molecule has 0 aliphatic carbocycles. The van der Waals surface area contributed by atoms with Crippen LogP contribution >= 0.6 is 12.2 Å². The van der Waals surface area contributed by atoms with Crippen molar-refractivity contribution >= 4 is 29.3 Å². The summed E-state index contributed by atoms with van der Waals surface area (Å²) < 4.78 is 4.23. The minimum Gasteiger partial charge on any atom is -0.340 e. The SMILES string of the molecule is C=CCn1c(C)c(/C=N/n2cn[nH]c2=S)c2ccccc21. The Balaban J connectivity index is 2.16. The Morgan fingerprint density at radius 1 is 1.43 bits per heavy atom. The topological polar surface area (TPSA) is 50.9 Å². The monoisotopic (exact) mass is 297 g/mol. The van der Waals surface area contributed by atoms with Crippen molar-refractivity contribution < 1.29 is 0 Å². The van der Waals surface area contributed by atoms with Gasteiger partial charge in [-0.1, -0.05) is 24.3 Å². The van der Waals surface area contributed by atoms with Crippen molar-refractivity contribution in [3.63, 3.8) is 0 Å². The van der Waals surface area contributed by atoms with Crippen molar-refractivity contribution in [3.8, 4) is 0 Å². The van der Waals surface area contributed by atoms with Crippen LogP contribution < -0.4 is 0 Å². The van der Waals surface area contributed by atoms with Crippen molar-refractivity contribution in [1.82, 2.24) is 19.4 Å². The molecule has 0 aliphatic heterocycles. The second kappa shape index (κ2) is 5.49. The summed E-state index contributed by atoms with van der Waals surface area (Å²) >= 11 is 5.09. The van der Waals surface area contributed by atoms with Crippen LogP contribution in [0.15, 0.2) is 48.3 Å². The van der Waals surface area contributed by atoms with E-state index in [0.29, 0.717) is 4.77 Å². The van der Waals surface area contributed by atoms with Gasteiger partial charge in [-0.2, -0.15) is 14.9 Å². The summed E-state index contributed by atoms with van der Waals surface area (Å²) in [4.78, 5) is 0. The van der Waals surface area contributed by atoms with Crippen LogP contribution in [-0.4, -0.2) is 25.7 Å². The second-order valence-corrected chi connectivity index (χ2v) is 5.05. The normalized spacial score (nSPS) is 11.5. The average molecular weight is 297 g/mol. The molecule has 106 valence electrons. The highest BCUT2D eigenvalue weighted by molar-refractivity contribution is 7.71. The van der Waals surface area contributed by atoms with Gasteiger partial charge in [-0.25, -0.2) is 0 Å². The molecule has 0 radical (unpaired) electrons. The first-order chi connectivity index (χ1) is 10.2. The number of nitrogens with zero attached hydrogens (tertiary/aromatic N) is 4. The third-order valence-corrected chi connectivity index (χ3v) is 3.72. The first kappa shape index (κ1) is 13.5. The first-order valence-electron chi connectivity index (χ1n) is 6.57. The molecule has 0 saturated carbocycles. The Morgan fingerprint density at radius 2 is 2.24 bits per heavy atom. The lowest BCUT2D eigenvalue weighted by atomic mass is 10.1. The van der Waals surface area contributed by atoms with Gasteiger partial charge in [0.2, 0.25) is 4.77 Å². The first-order valence-corrected chi connectivity index (χ1v) is 6.98. The number of aromatic amines is 1. The number of hydrogen-bond donors (Lipinski definition) is 1. The summed E-state index contributed by atoms with van der Waals surface area (Å²) in [5.41, 5.74) is 3.40. The molecule has 0 saturated heterocycles. The molecule has 1 N–H and O–H groups in total. The summed E-state index contributed by atoms with van der Waals surface area (Å²) in [7, 11) is 0. The van der Waals surface area contributed by atoms with Crippen molar-refractivity contribution in [1.29, 1.82) is 0 Å². The maximum atomic E-state index is 5.09. The maximum Gasteiger partial charge on any atom is 0.216 e. The number of para-hydroxylation sites is 1. The standard InChI is InChI=1S/C15H15N5S/c1-3-8-19-11(2)13(12-6-4-5-7-14(12)19)9-17-20-10-16-18-15(20)21/h3-7,9-10H,1,8H2,2H3,(H,18,21)/b17-9+. The molecule has 0 spiro atoms. The molecule has 5 nitrogen and oxygen atoms in total. The van der Waals surface area contributed by atoms with E-state index in [1.54, 1.807) is 6.33 Å². The zero-order chi connectivity index (χ0) is 14.8. The smallest absolute Gasteiger partial charge is 0.216 e. The molecule has 3 rings (SSSR count). The Labute approximate surface area is 127 Å². The van der Waals surface area contributed by atoms with Gasteiger partial charge in [-0.3, -0.25) is 5.10 Å². The van der Waals surface area contributed by atoms with Crippen LogP contribution in [0.2, 0.25) is 0 Å². The van der Waals surface area contributed by atoms with Crippen molar-refractivity contribution in [2.24, 2.45) is 5.10 Å². The van der Waals surface area contributed by atoms with E-state index in [1.807, 2.05) is 24.4 Å². The molecular weight excluding hydrogens is 282 g/mol. The number of H-pyrrole nitrogens is 1. The molecule has 21 heavy (non-hydrogen) atoms. The molecule has 0 aliphatic rings. The van der Waals surface area contributed by atoms with Crippen LogP contribution in [0.25, 0.3) is 10.9 Å². The Kier molecular flexibility index (Phi) is 3.53. The molecule has 2 aromatic heterocycles. The van der Waals surface area contributed by atoms with Crippen molar-refractivity contribution in [2.75, 3.05) is 0 Å². The van der Waals surface area contributed by atoms with Crippen molar-refractivity contribution in [3.05, 3.63) is 59.3 Å². The van der Waals surface area contributed by atoms with Gasteiger partial charge in [0.1, 0.15) is 6.33 Å². The van der Waals surface area contributed by atoms with Gasteiger partial charge >= 0.3 is 0 Å². The van der Waals surface area contributed by atoms with Crippen LogP contribution in [0.1, 0.15) is 11.3 Å². The van der Waals surface area contributed by atoms with Crippen molar-refractivity contribution in [2.45, 2.75) is 13.5 Å². The van der Waals surface area contributed by atoms with E-state index in [1.165, 1.54) is 10.2 Å². The summed E-state index contributed by atoms with van der Waals surface area (Å²) in [6.45, 7) is 6.68. The average Bonchev–Trinajstić information content (AvgIpc) is 3.01. The zero-order valence-electron chi connectivity index (χ0n) is 11.7. The Hall–Kier alpha value is -2.47. The number of hydrogen-bond acceptors (Lipinski definition) is 3. The molecule has 3 aromatic rings. The quantitative estimate of drug-likeness (QED) is 0.456. The number of allylic oxidation sites excluding steroid dienone is 1. The van der Waals surface area contributed by atoms with E-state index in [-0.39, 0.29) is 0 Å². The molecule has 0 amide bonds. The van der Waals surface area contributed by atoms with E-state index in [4.69, 9.17) is 12.2 Å². The largest absolute Gasteiger partial charge is 0.340 e. The molecule has 0 fully saturated rings. The molecule has 2 heterocycles. The zero-order valence-corrected chi connectivity index (χ0v) is 12.5. The summed E-state index contributed by atoms with van der Waals surface area (Å²) in [5, 5.41) is 12.1. The number of rotatable bonds is 4. The molecule has 1 aromatic carbocycles. The number of aromatic nitrogens is 4. The highest BCUT2D eigenvalue weighted by atomic mass is 32.1. The second-order valence-electron chi connectivity index (χ2n) is 4.67. The highest BCUT2D eigenvalue weighted by Crippen LogP contribution is 2.24. The molecule has 0 bridgehead atoms. The van der Waals surface area contributed by atoms with Gasteiger partial charge in [0, 0.05) is 28.7 Å². The molecule has 0 unspecified atom stereocenters. The van der Waals surface area contributed by atoms with E-state index < -0.39 is 0 Å². The predicted octanol–water partition coefficient (Wildman–Crippen LogP) is 3.27. The van der Waals surface area contributed by atoms with Crippen LogP contribution in [-0.2, 0) is 6.54 Å². The van der Waals surface area contributed by atoms with E-state index in [9.17, 15) is 0 Å². The predicted molar refractivity (Wildman–Crippen MR) is 87.3 cm³/mol. The van der Waals surface area contributed by atoms with Gasteiger partial charge in [-0.15, -0.1) is 6.58 Å². The van der Waals surface area contributed by atoms with Crippen LogP contribution in [0.3, 0.4) is 0 Å². The number of benzene rings is 1. The van der Waals surface area contributed by atoms with Crippen LogP contribution in [0, 0.1) is 11.7 Å². The summed E-state index contributed by atoms with van der Waals surface area (Å²) in [5.74, 6) is 0. The molecular formula is C15H15N5S. The fourth-order valence-electron chi connectivity index (χ4n) is 2.43. The van der Waals surface area contributed by atoms with Crippen LogP contribution in [0.4, 0.5) is 0 Å².